The maximum atomic E-state index is 12.8. The Kier molecular flexibility index (Phi) is 3.47. The Morgan fingerprint density at radius 3 is 2.53 bits per heavy atom. The van der Waals surface area contributed by atoms with Crippen LogP contribution in [0.3, 0.4) is 0 Å². The monoisotopic (exact) mass is 298 g/mol. The molecule has 0 radical (unpaired) electrons. The molecule has 0 saturated heterocycles. The van der Waals surface area contributed by atoms with Crippen molar-refractivity contribution in [2.24, 2.45) is 0 Å². The van der Waals surface area contributed by atoms with Crippen molar-refractivity contribution in [1.29, 1.82) is 0 Å². The molecule has 17 heavy (non-hydrogen) atoms. The van der Waals surface area contributed by atoms with Gasteiger partial charge in [0.2, 0.25) is 0 Å². The maximum Gasteiger partial charge on any atom is 0.303 e. The first-order valence-electron chi connectivity index (χ1n) is 5.24. The molecule has 0 aliphatic heterocycles. The van der Waals surface area contributed by atoms with Gasteiger partial charge in [0.15, 0.2) is 0 Å². The summed E-state index contributed by atoms with van der Waals surface area (Å²) in [5.74, 6) is 0.275. The van der Waals surface area contributed by atoms with E-state index in [1.165, 1.54) is 12.1 Å². The summed E-state index contributed by atoms with van der Waals surface area (Å²) in [6.07, 6.45) is 1.85. The van der Waals surface area contributed by atoms with E-state index >= 15 is 0 Å². The average Bonchev–Trinajstić information content (AvgIpc) is 2.63. The van der Waals surface area contributed by atoms with Crippen molar-refractivity contribution in [2.75, 3.05) is 0 Å². The minimum Gasteiger partial charge on any atom is -0.425 e. The van der Waals surface area contributed by atoms with Crippen LogP contribution in [-0.2, 0) is 0 Å². The Morgan fingerprint density at radius 2 is 1.94 bits per heavy atom. The SMILES string of the molecule is CC(C)n1cc(Br)nc1Oc1ccc(F)cc1. The molecule has 0 aliphatic rings. The van der Waals surface area contributed by atoms with Crippen LogP contribution in [0.1, 0.15) is 19.9 Å². The number of nitrogens with zero attached hydrogens (tertiary/aromatic N) is 2. The van der Waals surface area contributed by atoms with E-state index in [9.17, 15) is 4.39 Å². The zero-order chi connectivity index (χ0) is 12.4. The van der Waals surface area contributed by atoms with E-state index in [-0.39, 0.29) is 11.9 Å². The number of hydrogen-bond donors (Lipinski definition) is 0. The van der Waals surface area contributed by atoms with Crippen LogP contribution < -0.4 is 4.74 Å². The molecular weight excluding hydrogens is 287 g/mol. The van der Waals surface area contributed by atoms with E-state index < -0.39 is 0 Å². The van der Waals surface area contributed by atoms with Crippen molar-refractivity contribution < 1.29 is 9.13 Å². The molecule has 0 spiro atoms. The predicted molar refractivity (Wildman–Crippen MR) is 66.8 cm³/mol. The molecule has 1 heterocycles. The quantitative estimate of drug-likeness (QED) is 0.851. The molecular formula is C12H12BrFN2O. The van der Waals surface area contributed by atoms with Crippen LogP contribution in [0.5, 0.6) is 11.8 Å². The first-order chi connectivity index (χ1) is 8.06. The van der Waals surface area contributed by atoms with Gasteiger partial charge in [-0.3, -0.25) is 4.57 Å². The second kappa shape index (κ2) is 4.87. The number of halogens is 2. The molecule has 90 valence electrons. The Hall–Kier alpha value is -1.36. The summed E-state index contributed by atoms with van der Waals surface area (Å²) >= 11 is 3.30. The summed E-state index contributed by atoms with van der Waals surface area (Å²) in [6.45, 7) is 4.07. The van der Waals surface area contributed by atoms with Gasteiger partial charge >= 0.3 is 6.01 Å². The van der Waals surface area contributed by atoms with Crippen molar-refractivity contribution in [3.05, 3.63) is 40.9 Å². The third-order valence-electron chi connectivity index (χ3n) is 2.25. The van der Waals surface area contributed by atoms with Crippen LogP contribution in [0.2, 0.25) is 0 Å². The molecule has 0 fully saturated rings. The molecule has 0 saturated carbocycles. The van der Waals surface area contributed by atoms with E-state index in [4.69, 9.17) is 4.74 Å². The molecule has 2 aromatic rings. The van der Waals surface area contributed by atoms with Gasteiger partial charge in [-0.25, -0.2) is 4.39 Å². The molecule has 0 amide bonds. The number of rotatable bonds is 3. The fourth-order valence-corrected chi connectivity index (χ4v) is 1.77. The van der Waals surface area contributed by atoms with Gasteiger partial charge in [-0.1, -0.05) is 0 Å². The second-order valence-corrected chi connectivity index (χ2v) is 4.72. The fraction of sp³-hybridized carbons (Fsp3) is 0.250. The summed E-state index contributed by atoms with van der Waals surface area (Å²) in [5, 5.41) is 0. The summed E-state index contributed by atoms with van der Waals surface area (Å²) in [4.78, 5) is 4.21. The minimum absolute atomic E-state index is 0.240. The van der Waals surface area contributed by atoms with Gasteiger partial charge in [-0.05, 0) is 54.0 Å². The Bertz CT molecular complexity index is 508. The lowest BCUT2D eigenvalue weighted by molar-refractivity contribution is 0.395. The largest absolute Gasteiger partial charge is 0.425 e. The Labute approximate surface area is 107 Å². The minimum atomic E-state index is -0.286. The van der Waals surface area contributed by atoms with Crippen LogP contribution in [-0.4, -0.2) is 9.55 Å². The van der Waals surface area contributed by atoms with Gasteiger partial charge in [-0.15, -0.1) is 0 Å². The fourth-order valence-electron chi connectivity index (χ4n) is 1.40. The molecule has 5 heteroatoms. The van der Waals surface area contributed by atoms with Crippen molar-refractivity contribution in [2.45, 2.75) is 19.9 Å². The summed E-state index contributed by atoms with van der Waals surface area (Å²) in [7, 11) is 0. The molecule has 1 aromatic carbocycles. The number of aromatic nitrogens is 2. The highest BCUT2D eigenvalue weighted by molar-refractivity contribution is 9.10. The highest BCUT2D eigenvalue weighted by Gasteiger charge is 2.11. The molecule has 0 unspecified atom stereocenters. The summed E-state index contributed by atoms with van der Waals surface area (Å²) in [5.41, 5.74) is 0. The first-order valence-corrected chi connectivity index (χ1v) is 6.03. The number of hydrogen-bond acceptors (Lipinski definition) is 2. The number of benzene rings is 1. The molecule has 2 rings (SSSR count). The standard InChI is InChI=1S/C12H12BrFN2O/c1-8(2)16-7-11(13)15-12(16)17-10-5-3-9(14)4-6-10/h3-8H,1-2H3. The van der Waals surface area contributed by atoms with Gasteiger partial charge in [0.1, 0.15) is 16.2 Å². The van der Waals surface area contributed by atoms with Crippen LogP contribution in [0.25, 0.3) is 0 Å². The third kappa shape index (κ3) is 2.85. The lowest BCUT2D eigenvalue weighted by Crippen LogP contribution is -2.01. The summed E-state index contributed by atoms with van der Waals surface area (Å²) < 4.78 is 21.0. The van der Waals surface area contributed by atoms with Crippen LogP contribution in [0.15, 0.2) is 35.1 Å². The molecule has 3 nitrogen and oxygen atoms in total. The first kappa shape index (κ1) is 12.1. The molecule has 0 bridgehead atoms. The van der Waals surface area contributed by atoms with E-state index in [0.29, 0.717) is 16.4 Å². The lowest BCUT2D eigenvalue weighted by atomic mass is 10.3. The highest BCUT2D eigenvalue weighted by atomic mass is 79.9. The van der Waals surface area contributed by atoms with Gasteiger partial charge in [0, 0.05) is 12.2 Å². The summed E-state index contributed by atoms with van der Waals surface area (Å²) in [6, 6.07) is 6.58. The van der Waals surface area contributed by atoms with E-state index in [0.717, 1.165) is 0 Å². The van der Waals surface area contributed by atoms with Crippen molar-refractivity contribution in [3.8, 4) is 11.8 Å². The van der Waals surface area contributed by atoms with Crippen molar-refractivity contribution >= 4 is 15.9 Å². The number of ether oxygens (including phenoxy) is 1. The smallest absolute Gasteiger partial charge is 0.303 e. The average molecular weight is 299 g/mol. The molecule has 0 aliphatic carbocycles. The molecule has 0 atom stereocenters. The van der Waals surface area contributed by atoms with E-state index in [1.54, 1.807) is 12.1 Å². The van der Waals surface area contributed by atoms with Gasteiger partial charge in [-0.2, -0.15) is 4.98 Å². The molecule has 1 aromatic heterocycles. The van der Waals surface area contributed by atoms with Crippen molar-refractivity contribution in [3.63, 3.8) is 0 Å². The molecule has 0 N–H and O–H groups in total. The van der Waals surface area contributed by atoms with Gasteiger partial charge in [0.05, 0.1) is 0 Å². The zero-order valence-corrected chi connectivity index (χ0v) is 11.1. The lowest BCUT2D eigenvalue weighted by Gasteiger charge is -2.11. The Balaban J connectivity index is 2.26. The van der Waals surface area contributed by atoms with Crippen LogP contribution >= 0.6 is 15.9 Å². The number of imidazole rings is 1. The zero-order valence-electron chi connectivity index (χ0n) is 9.52. The maximum absolute atomic E-state index is 12.8. The van der Waals surface area contributed by atoms with E-state index in [1.807, 2.05) is 24.6 Å². The van der Waals surface area contributed by atoms with Gasteiger partial charge < -0.3 is 4.74 Å². The van der Waals surface area contributed by atoms with Crippen LogP contribution in [0, 0.1) is 5.82 Å². The third-order valence-corrected chi connectivity index (χ3v) is 2.63. The Morgan fingerprint density at radius 1 is 1.29 bits per heavy atom. The predicted octanol–water partition coefficient (Wildman–Crippen LogP) is 4.16. The van der Waals surface area contributed by atoms with Crippen LogP contribution in [0.4, 0.5) is 4.39 Å². The van der Waals surface area contributed by atoms with Crippen molar-refractivity contribution in [1.82, 2.24) is 9.55 Å². The highest BCUT2D eigenvalue weighted by Crippen LogP contribution is 2.26. The topological polar surface area (TPSA) is 27.1 Å². The second-order valence-electron chi connectivity index (χ2n) is 3.90. The van der Waals surface area contributed by atoms with E-state index in [2.05, 4.69) is 20.9 Å². The normalized spacial score (nSPS) is 10.9. The van der Waals surface area contributed by atoms with Gasteiger partial charge in [0.25, 0.3) is 0 Å².